The van der Waals surface area contributed by atoms with Gasteiger partial charge in [0.2, 0.25) is 0 Å². The molecule has 25 heavy (non-hydrogen) atoms. The zero-order chi connectivity index (χ0) is 18.4. The highest BCUT2D eigenvalue weighted by Gasteiger charge is 2.18. The summed E-state index contributed by atoms with van der Waals surface area (Å²) < 4.78 is 10.3. The van der Waals surface area contributed by atoms with Crippen molar-refractivity contribution in [1.29, 1.82) is 0 Å². The lowest BCUT2D eigenvalue weighted by Gasteiger charge is -2.14. The van der Waals surface area contributed by atoms with Crippen LogP contribution in [0.25, 0.3) is 0 Å². The minimum Gasteiger partial charge on any atom is -0.497 e. The molecule has 1 atom stereocenters. The Hall–Kier alpha value is -2.24. The van der Waals surface area contributed by atoms with Crippen LogP contribution in [0.2, 0.25) is 10.0 Å². The molecule has 0 radical (unpaired) electrons. The molecule has 2 rings (SSSR count). The summed E-state index contributed by atoms with van der Waals surface area (Å²) in [6.07, 6.45) is -0.923. The summed E-state index contributed by atoms with van der Waals surface area (Å²) in [4.78, 5) is 24.1. The Morgan fingerprint density at radius 2 is 1.80 bits per heavy atom. The SMILES string of the molecule is COc1cccc(CC(=O)O[C@@H](C)C(=O)Nc2cc(Cl)cc(Cl)c2)c1. The molecule has 0 saturated heterocycles. The Bertz CT molecular complexity index is 759. The molecule has 0 bridgehead atoms. The number of anilines is 1. The molecular weight excluding hydrogens is 365 g/mol. The van der Waals surface area contributed by atoms with Crippen LogP contribution in [0.4, 0.5) is 5.69 Å². The van der Waals surface area contributed by atoms with Crippen LogP contribution in [0, 0.1) is 0 Å². The number of nitrogens with one attached hydrogen (secondary N) is 1. The van der Waals surface area contributed by atoms with Gasteiger partial charge in [0.1, 0.15) is 5.75 Å². The largest absolute Gasteiger partial charge is 0.497 e. The topological polar surface area (TPSA) is 64.6 Å². The Morgan fingerprint density at radius 1 is 1.12 bits per heavy atom. The molecule has 0 aliphatic rings. The minimum atomic E-state index is -0.962. The predicted molar refractivity (Wildman–Crippen MR) is 97.3 cm³/mol. The Morgan fingerprint density at radius 3 is 2.44 bits per heavy atom. The van der Waals surface area contributed by atoms with Crippen molar-refractivity contribution in [2.75, 3.05) is 12.4 Å². The van der Waals surface area contributed by atoms with Crippen molar-refractivity contribution in [3.8, 4) is 5.75 Å². The van der Waals surface area contributed by atoms with E-state index in [9.17, 15) is 9.59 Å². The van der Waals surface area contributed by atoms with Crippen molar-refractivity contribution in [3.63, 3.8) is 0 Å². The average molecular weight is 382 g/mol. The van der Waals surface area contributed by atoms with Gasteiger partial charge in [-0.2, -0.15) is 0 Å². The molecule has 1 N–H and O–H groups in total. The van der Waals surface area contributed by atoms with E-state index < -0.39 is 18.0 Å². The van der Waals surface area contributed by atoms with E-state index in [4.69, 9.17) is 32.7 Å². The molecule has 0 saturated carbocycles. The highest BCUT2D eigenvalue weighted by atomic mass is 35.5. The molecular formula is C18H17Cl2NO4. The Kier molecular flexibility index (Phi) is 6.67. The Labute approximate surface area is 155 Å². The van der Waals surface area contributed by atoms with Gasteiger partial charge >= 0.3 is 5.97 Å². The maximum Gasteiger partial charge on any atom is 0.311 e. The molecule has 0 aliphatic heterocycles. The van der Waals surface area contributed by atoms with Crippen LogP contribution in [-0.2, 0) is 20.7 Å². The third kappa shape index (κ3) is 5.96. The summed E-state index contributed by atoms with van der Waals surface area (Å²) in [7, 11) is 1.55. The molecule has 0 aliphatic carbocycles. The van der Waals surface area contributed by atoms with E-state index in [2.05, 4.69) is 5.32 Å². The quantitative estimate of drug-likeness (QED) is 0.764. The van der Waals surface area contributed by atoms with E-state index in [-0.39, 0.29) is 6.42 Å². The van der Waals surface area contributed by atoms with E-state index in [1.807, 2.05) is 0 Å². The van der Waals surface area contributed by atoms with E-state index in [1.165, 1.54) is 6.92 Å². The van der Waals surface area contributed by atoms with Gasteiger partial charge in [0, 0.05) is 15.7 Å². The van der Waals surface area contributed by atoms with E-state index in [1.54, 1.807) is 49.6 Å². The molecule has 0 aromatic heterocycles. The van der Waals surface area contributed by atoms with Crippen LogP contribution in [0.1, 0.15) is 12.5 Å². The predicted octanol–water partition coefficient (Wildman–Crippen LogP) is 4.11. The van der Waals surface area contributed by atoms with Gasteiger partial charge in [-0.1, -0.05) is 35.3 Å². The Balaban J connectivity index is 1.92. The van der Waals surface area contributed by atoms with Gasteiger partial charge in [-0.05, 0) is 42.8 Å². The highest BCUT2D eigenvalue weighted by Crippen LogP contribution is 2.22. The second-order valence-corrected chi connectivity index (χ2v) is 6.18. The first kappa shape index (κ1) is 19.1. The van der Waals surface area contributed by atoms with E-state index in [0.717, 1.165) is 5.56 Å². The number of hydrogen-bond acceptors (Lipinski definition) is 4. The summed E-state index contributed by atoms with van der Waals surface area (Å²) in [6, 6.07) is 11.7. The standard InChI is InChI=1S/C18H17Cl2NO4/c1-11(18(23)21-15-9-13(19)8-14(20)10-15)25-17(22)7-12-4-3-5-16(6-12)24-2/h3-6,8-11H,7H2,1-2H3,(H,21,23)/t11-/m0/s1. The van der Waals surface area contributed by atoms with Gasteiger partial charge in [0.05, 0.1) is 13.5 Å². The third-order valence-corrected chi connectivity index (χ3v) is 3.73. The van der Waals surface area contributed by atoms with Crippen molar-refractivity contribution < 1.29 is 19.1 Å². The van der Waals surface area contributed by atoms with Crippen LogP contribution in [0.15, 0.2) is 42.5 Å². The molecule has 7 heteroatoms. The van der Waals surface area contributed by atoms with Gasteiger partial charge in [-0.3, -0.25) is 9.59 Å². The maximum absolute atomic E-state index is 12.1. The van der Waals surface area contributed by atoms with Crippen LogP contribution >= 0.6 is 23.2 Å². The van der Waals surface area contributed by atoms with Crippen molar-refractivity contribution in [3.05, 3.63) is 58.1 Å². The number of halogens is 2. The van der Waals surface area contributed by atoms with Crippen molar-refractivity contribution in [2.24, 2.45) is 0 Å². The zero-order valence-electron chi connectivity index (χ0n) is 13.7. The lowest BCUT2D eigenvalue weighted by atomic mass is 10.1. The molecule has 132 valence electrons. The van der Waals surface area contributed by atoms with Crippen LogP contribution < -0.4 is 10.1 Å². The molecule has 0 spiro atoms. The molecule has 0 fully saturated rings. The monoisotopic (exact) mass is 381 g/mol. The number of hydrogen-bond donors (Lipinski definition) is 1. The van der Waals surface area contributed by atoms with Crippen molar-refractivity contribution >= 4 is 40.8 Å². The first-order valence-corrected chi connectivity index (χ1v) is 8.22. The van der Waals surface area contributed by atoms with Crippen LogP contribution in [0.3, 0.4) is 0 Å². The first-order valence-electron chi connectivity index (χ1n) is 7.46. The molecule has 1 amide bonds. The fourth-order valence-corrected chi connectivity index (χ4v) is 2.64. The third-order valence-electron chi connectivity index (χ3n) is 3.29. The van der Waals surface area contributed by atoms with Crippen molar-refractivity contribution in [1.82, 2.24) is 0 Å². The van der Waals surface area contributed by atoms with Gasteiger partial charge in [-0.15, -0.1) is 0 Å². The summed E-state index contributed by atoms with van der Waals surface area (Å²) in [5.74, 6) is -0.341. The number of ether oxygens (including phenoxy) is 2. The normalized spacial score (nSPS) is 11.5. The summed E-state index contributed by atoms with van der Waals surface area (Å²) in [5.41, 5.74) is 1.16. The summed E-state index contributed by atoms with van der Waals surface area (Å²) in [6.45, 7) is 1.49. The smallest absolute Gasteiger partial charge is 0.311 e. The molecule has 2 aromatic rings. The average Bonchev–Trinajstić information content (AvgIpc) is 2.53. The number of esters is 1. The van der Waals surface area contributed by atoms with Gasteiger partial charge in [-0.25, -0.2) is 0 Å². The van der Waals surface area contributed by atoms with Gasteiger partial charge < -0.3 is 14.8 Å². The second-order valence-electron chi connectivity index (χ2n) is 5.31. The second kappa shape index (κ2) is 8.74. The number of amides is 1. The van der Waals surface area contributed by atoms with Crippen LogP contribution in [-0.4, -0.2) is 25.1 Å². The first-order chi connectivity index (χ1) is 11.9. The molecule has 2 aromatic carbocycles. The van der Waals surface area contributed by atoms with Gasteiger partial charge in [0.15, 0.2) is 6.10 Å². The fourth-order valence-electron chi connectivity index (χ4n) is 2.11. The number of methoxy groups -OCH3 is 1. The molecule has 5 nitrogen and oxygen atoms in total. The number of carbonyl (C=O) groups excluding carboxylic acids is 2. The molecule has 0 heterocycles. The van der Waals surface area contributed by atoms with Crippen molar-refractivity contribution in [2.45, 2.75) is 19.4 Å². The van der Waals surface area contributed by atoms with E-state index >= 15 is 0 Å². The molecule has 0 unspecified atom stereocenters. The number of rotatable bonds is 6. The zero-order valence-corrected chi connectivity index (χ0v) is 15.2. The van der Waals surface area contributed by atoms with E-state index in [0.29, 0.717) is 21.5 Å². The lowest BCUT2D eigenvalue weighted by Crippen LogP contribution is -2.30. The number of carbonyl (C=O) groups is 2. The van der Waals surface area contributed by atoms with Crippen LogP contribution in [0.5, 0.6) is 5.75 Å². The summed E-state index contributed by atoms with van der Waals surface area (Å²) in [5, 5.41) is 3.39. The fraction of sp³-hybridized carbons (Fsp3) is 0.222. The van der Waals surface area contributed by atoms with Gasteiger partial charge in [0.25, 0.3) is 5.91 Å². The lowest BCUT2D eigenvalue weighted by molar-refractivity contribution is -0.152. The minimum absolute atomic E-state index is 0.0395. The highest BCUT2D eigenvalue weighted by molar-refractivity contribution is 6.35. The maximum atomic E-state index is 12.1. The summed E-state index contributed by atoms with van der Waals surface area (Å²) >= 11 is 11.8. The number of benzene rings is 2.